The molecule has 0 aromatic rings. The smallest absolute Gasteiger partial charge is 0.221 e. The van der Waals surface area contributed by atoms with Crippen LogP contribution in [0.1, 0.15) is 33.1 Å². The van der Waals surface area contributed by atoms with Gasteiger partial charge in [-0.15, -0.1) is 0 Å². The quantitative estimate of drug-likeness (QED) is 0.522. The summed E-state index contributed by atoms with van der Waals surface area (Å²) in [7, 11) is 0. The van der Waals surface area contributed by atoms with Crippen LogP contribution < -0.4 is 16.0 Å². The molecule has 0 saturated carbocycles. The van der Waals surface area contributed by atoms with E-state index in [1.165, 1.54) is 0 Å². The van der Waals surface area contributed by atoms with Crippen LogP contribution in [0.25, 0.3) is 0 Å². The number of nitrogens with one attached hydrogen (secondary N) is 3. The summed E-state index contributed by atoms with van der Waals surface area (Å²) in [5.74, 6) is 0.389. The molecule has 0 radical (unpaired) electrons. The lowest BCUT2D eigenvalue weighted by Crippen LogP contribution is -2.44. The number of hydrogen-bond acceptors (Lipinski definition) is 4. The highest BCUT2D eigenvalue weighted by atomic mass is 16.2. The topological polar surface area (TPSA) is 73.5 Å². The molecule has 21 heavy (non-hydrogen) atoms. The Bertz CT molecular complexity index is 315. The number of piperazine rings is 1. The predicted octanol–water partition coefficient (Wildman–Crippen LogP) is -0.0497. The van der Waals surface area contributed by atoms with E-state index in [-0.39, 0.29) is 11.8 Å². The van der Waals surface area contributed by atoms with E-state index >= 15 is 0 Å². The normalized spacial score (nSPS) is 16.0. The van der Waals surface area contributed by atoms with Crippen LogP contribution >= 0.6 is 0 Å². The summed E-state index contributed by atoms with van der Waals surface area (Å²) in [4.78, 5) is 25.4. The Morgan fingerprint density at radius 2 is 1.76 bits per heavy atom. The molecule has 3 N–H and O–H groups in total. The first-order valence-electron chi connectivity index (χ1n) is 8.04. The zero-order valence-corrected chi connectivity index (χ0v) is 13.4. The Morgan fingerprint density at radius 3 is 2.43 bits per heavy atom. The number of carbonyl (C=O) groups is 2. The minimum absolute atomic E-state index is 0.0140. The van der Waals surface area contributed by atoms with Gasteiger partial charge in [0, 0.05) is 52.1 Å². The van der Waals surface area contributed by atoms with Crippen LogP contribution in [0.3, 0.4) is 0 Å². The highest BCUT2D eigenvalue weighted by Gasteiger charge is 2.09. The molecule has 1 aliphatic rings. The van der Waals surface area contributed by atoms with Gasteiger partial charge >= 0.3 is 0 Å². The van der Waals surface area contributed by atoms with Crippen LogP contribution in [-0.2, 0) is 9.59 Å². The molecule has 0 aliphatic carbocycles. The first kappa shape index (κ1) is 17.9. The van der Waals surface area contributed by atoms with Crippen molar-refractivity contribution in [3.63, 3.8) is 0 Å². The maximum atomic E-state index is 11.6. The SMILES string of the molecule is CC(C)CC(=O)NCCC(=O)NCCCN1CCNCC1. The maximum absolute atomic E-state index is 11.6. The fourth-order valence-electron chi connectivity index (χ4n) is 2.31. The van der Waals surface area contributed by atoms with Crippen molar-refractivity contribution in [1.82, 2.24) is 20.9 Å². The molecule has 1 fully saturated rings. The molecule has 0 bridgehead atoms. The molecule has 6 heteroatoms. The molecule has 1 rings (SSSR count). The van der Waals surface area contributed by atoms with Gasteiger partial charge in [-0.1, -0.05) is 13.8 Å². The molecule has 1 saturated heterocycles. The molecule has 1 heterocycles. The Kier molecular flexibility index (Phi) is 9.01. The summed E-state index contributed by atoms with van der Waals surface area (Å²) in [6.45, 7) is 10.5. The van der Waals surface area contributed by atoms with Crippen LogP contribution in [0.15, 0.2) is 0 Å². The fraction of sp³-hybridized carbons (Fsp3) is 0.867. The van der Waals surface area contributed by atoms with E-state index in [9.17, 15) is 9.59 Å². The minimum atomic E-state index is 0.0140. The van der Waals surface area contributed by atoms with Crippen LogP contribution in [-0.4, -0.2) is 62.5 Å². The minimum Gasteiger partial charge on any atom is -0.356 e. The van der Waals surface area contributed by atoms with Gasteiger partial charge < -0.3 is 20.9 Å². The first-order chi connectivity index (χ1) is 10.1. The van der Waals surface area contributed by atoms with Crippen LogP contribution in [0.5, 0.6) is 0 Å². The Hall–Kier alpha value is -1.14. The van der Waals surface area contributed by atoms with E-state index < -0.39 is 0 Å². The summed E-state index contributed by atoms with van der Waals surface area (Å²) < 4.78 is 0. The van der Waals surface area contributed by atoms with Gasteiger partial charge in [0.15, 0.2) is 0 Å². The molecule has 0 aromatic heterocycles. The van der Waals surface area contributed by atoms with Crippen molar-refractivity contribution in [2.24, 2.45) is 5.92 Å². The zero-order chi connectivity index (χ0) is 15.5. The van der Waals surface area contributed by atoms with Gasteiger partial charge in [-0.2, -0.15) is 0 Å². The van der Waals surface area contributed by atoms with E-state index in [0.29, 0.717) is 31.8 Å². The molecule has 2 amide bonds. The van der Waals surface area contributed by atoms with Crippen LogP contribution in [0, 0.1) is 5.92 Å². The number of amides is 2. The zero-order valence-electron chi connectivity index (χ0n) is 13.4. The van der Waals surface area contributed by atoms with Crippen molar-refractivity contribution >= 4 is 11.8 Å². The lowest BCUT2D eigenvalue weighted by Gasteiger charge is -2.27. The molecule has 122 valence electrons. The molecule has 1 aliphatic heterocycles. The lowest BCUT2D eigenvalue weighted by molar-refractivity contribution is -0.122. The van der Waals surface area contributed by atoms with Gasteiger partial charge in [0.1, 0.15) is 0 Å². The molecule has 0 aromatic carbocycles. The first-order valence-corrected chi connectivity index (χ1v) is 8.04. The average molecular weight is 298 g/mol. The van der Waals surface area contributed by atoms with Crippen molar-refractivity contribution in [3.05, 3.63) is 0 Å². The Balaban J connectivity index is 1.94. The second-order valence-electron chi connectivity index (χ2n) is 5.99. The number of hydrogen-bond donors (Lipinski definition) is 3. The van der Waals surface area contributed by atoms with Crippen molar-refractivity contribution in [3.8, 4) is 0 Å². The van der Waals surface area contributed by atoms with Crippen LogP contribution in [0.2, 0.25) is 0 Å². The molecular weight excluding hydrogens is 268 g/mol. The van der Waals surface area contributed by atoms with Gasteiger partial charge in [-0.05, 0) is 18.9 Å². The summed E-state index contributed by atoms with van der Waals surface area (Å²) in [5, 5.41) is 9.00. The maximum Gasteiger partial charge on any atom is 0.221 e. The van der Waals surface area contributed by atoms with Crippen molar-refractivity contribution in [2.75, 3.05) is 45.8 Å². The fourth-order valence-corrected chi connectivity index (χ4v) is 2.31. The Labute approximate surface area is 128 Å². The van der Waals surface area contributed by atoms with Crippen molar-refractivity contribution in [1.29, 1.82) is 0 Å². The third-order valence-corrected chi connectivity index (χ3v) is 3.45. The number of carbonyl (C=O) groups excluding carboxylic acids is 2. The second-order valence-corrected chi connectivity index (χ2v) is 5.99. The number of rotatable bonds is 9. The summed E-state index contributed by atoms with van der Waals surface area (Å²) in [5.41, 5.74) is 0. The molecule has 0 unspecified atom stereocenters. The molecule has 0 spiro atoms. The highest BCUT2D eigenvalue weighted by molar-refractivity contribution is 5.78. The summed E-state index contributed by atoms with van der Waals surface area (Å²) >= 11 is 0. The van der Waals surface area contributed by atoms with Crippen LogP contribution in [0.4, 0.5) is 0 Å². The van der Waals surface area contributed by atoms with Gasteiger partial charge in [0.05, 0.1) is 0 Å². The van der Waals surface area contributed by atoms with Gasteiger partial charge in [0.25, 0.3) is 0 Å². The average Bonchev–Trinajstić information content (AvgIpc) is 2.44. The summed E-state index contributed by atoms with van der Waals surface area (Å²) in [6.07, 6.45) is 1.86. The van der Waals surface area contributed by atoms with E-state index in [4.69, 9.17) is 0 Å². The lowest BCUT2D eigenvalue weighted by atomic mass is 10.1. The third-order valence-electron chi connectivity index (χ3n) is 3.45. The molecular formula is C15H30N4O2. The van der Waals surface area contributed by atoms with Gasteiger partial charge in [-0.25, -0.2) is 0 Å². The monoisotopic (exact) mass is 298 g/mol. The highest BCUT2D eigenvalue weighted by Crippen LogP contribution is 1.98. The predicted molar refractivity (Wildman–Crippen MR) is 84.0 cm³/mol. The van der Waals surface area contributed by atoms with Gasteiger partial charge in [0.2, 0.25) is 11.8 Å². The molecule has 6 nitrogen and oxygen atoms in total. The summed E-state index contributed by atoms with van der Waals surface area (Å²) in [6, 6.07) is 0. The van der Waals surface area contributed by atoms with E-state index in [1.54, 1.807) is 0 Å². The third kappa shape index (κ3) is 9.42. The van der Waals surface area contributed by atoms with E-state index in [1.807, 2.05) is 13.8 Å². The van der Waals surface area contributed by atoms with E-state index in [2.05, 4.69) is 20.9 Å². The van der Waals surface area contributed by atoms with Crippen molar-refractivity contribution in [2.45, 2.75) is 33.1 Å². The Morgan fingerprint density at radius 1 is 1.10 bits per heavy atom. The van der Waals surface area contributed by atoms with Gasteiger partial charge in [-0.3, -0.25) is 9.59 Å². The van der Waals surface area contributed by atoms with E-state index in [0.717, 1.165) is 39.1 Å². The largest absolute Gasteiger partial charge is 0.356 e. The standard InChI is InChI=1S/C15H30N4O2/c1-13(2)12-15(21)18-6-4-14(20)17-5-3-9-19-10-7-16-8-11-19/h13,16H,3-12H2,1-2H3,(H,17,20)(H,18,21). The second kappa shape index (κ2) is 10.6. The molecule has 0 atom stereocenters. The number of nitrogens with zero attached hydrogens (tertiary/aromatic N) is 1. The van der Waals surface area contributed by atoms with Crippen molar-refractivity contribution < 1.29 is 9.59 Å².